The predicted octanol–water partition coefficient (Wildman–Crippen LogP) is 11.0. The van der Waals surface area contributed by atoms with Gasteiger partial charge in [-0.25, -0.2) is 0 Å². The van der Waals surface area contributed by atoms with Gasteiger partial charge in [-0.2, -0.15) is 26.3 Å². The fraction of sp³-hybridized carbons (Fsp3) is 0.211. The first-order chi connectivity index (χ1) is 24.2. The minimum Gasteiger partial charge on any atom is -0.285 e. The van der Waals surface area contributed by atoms with E-state index in [4.69, 9.17) is 0 Å². The van der Waals surface area contributed by atoms with Gasteiger partial charge >= 0.3 is 12.4 Å². The SMILES string of the molecule is O=C1C(=O)c2cc(C(F)(F)F)ccc2/C1=C/C1=Cc2sc3c(sc4cc(/C=C5\C(=O)C(=O)c6cc(C(F)(F)F)ccc65)sc43)c2C12CCCCC2. The molecule has 13 heteroatoms. The van der Waals surface area contributed by atoms with Crippen LogP contribution in [-0.2, 0) is 27.4 Å². The molecular weight excluding hydrogens is 731 g/mol. The fourth-order valence-electron chi connectivity index (χ4n) is 7.94. The number of thiophene rings is 3. The van der Waals surface area contributed by atoms with Gasteiger partial charge in [0.05, 0.1) is 25.2 Å². The summed E-state index contributed by atoms with van der Waals surface area (Å²) in [5.74, 6) is -3.58. The zero-order chi connectivity index (χ0) is 35.8. The number of benzene rings is 2. The number of allylic oxidation sites excluding steroid dienone is 4. The third-order valence-electron chi connectivity index (χ3n) is 10.3. The summed E-state index contributed by atoms with van der Waals surface area (Å²) in [5, 5.41) is 0. The van der Waals surface area contributed by atoms with Crippen molar-refractivity contribution in [3.05, 3.63) is 103 Å². The van der Waals surface area contributed by atoms with Crippen LogP contribution in [0.5, 0.6) is 0 Å². The van der Waals surface area contributed by atoms with E-state index in [9.17, 15) is 45.5 Å². The number of halogens is 6. The van der Waals surface area contributed by atoms with E-state index in [1.54, 1.807) is 34.8 Å². The van der Waals surface area contributed by atoms with Crippen molar-refractivity contribution >= 4 is 99.2 Å². The van der Waals surface area contributed by atoms with E-state index in [0.29, 0.717) is 4.88 Å². The van der Waals surface area contributed by atoms with E-state index in [0.717, 1.165) is 91.2 Å². The molecule has 51 heavy (non-hydrogen) atoms. The Morgan fingerprint density at radius 1 is 0.588 bits per heavy atom. The average Bonchev–Trinajstić information content (AvgIpc) is 3.88. The van der Waals surface area contributed by atoms with Crippen LogP contribution in [0, 0.1) is 0 Å². The Morgan fingerprint density at radius 2 is 1.16 bits per heavy atom. The lowest BCUT2D eigenvalue weighted by molar-refractivity contribution is -0.138. The summed E-state index contributed by atoms with van der Waals surface area (Å²) in [7, 11) is 0. The number of alkyl halides is 6. The molecule has 0 amide bonds. The van der Waals surface area contributed by atoms with Crippen LogP contribution in [0.4, 0.5) is 26.3 Å². The van der Waals surface area contributed by atoms with Crippen molar-refractivity contribution in [3.8, 4) is 0 Å². The summed E-state index contributed by atoms with van der Waals surface area (Å²) in [4.78, 5) is 53.3. The zero-order valence-electron chi connectivity index (χ0n) is 25.9. The number of carbonyl (C=O) groups excluding carboxylic acids is 4. The first-order valence-corrected chi connectivity index (χ1v) is 18.4. The van der Waals surface area contributed by atoms with Gasteiger partial charge in [-0.05, 0) is 83.7 Å². The lowest BCUT2D eigenvalue weighted by Crippen LogP contribution is -2.28. The Labute approximate surface area is 296 Å². The molecule has 4 aliphatic carbocycles. The quantitative estimate of drug-likeness (QED) is 0.102. The molecule has 0 saturated heterocycles. The molecule has 0 aliphatic heterocycles. The molecular formula is C38H20F6O4S3. The summed E-state index contributed by atoms with van der Waals surface area (Å²) >= 11 is 4.59. The average molecular weight is 751 g/mol. The van der Waals surface area contributed by atoms with Crippen LogP contribution in [0.2, 0.25) is 0 Å². The molecule has 0 unspecified atom stereocenters. The first-order valence-electron chi connectivity index (χ1n) is 15.9. The molecule has 4 nitrogen and oxygen atoms in total. The van der Waals surface area contributed by atoms with Gasteiger partial charge in [0.2, 0.25) is 23.1 Å². The van der Waals surface area contributed by atoms with Crippen molar-refractivity contribution in [1.29, 1.82) is 0 Å². The highest BCUT2D eigenvalue weighted by Crippen LogP contribution is 2.60. The van der Waals surface area contributed by atoms with Crippen molar-refractivity contribution in [2.45, 2.75) is 49.9 Å². The molecule has 9 rings (SSSR count). The number of Topliss-reactive ketones (excluding diaryl/α,β-unsaturated/α-hetero) is 4. The fourth-order valence-corrected chi connectivity index (χ4v) is 12.3. The summed E-state index contributed by atoms with van der Waals surface area (Å²) in [6.45, 7) is 0. The van der Waals surface area contributed by atoms with Gasteiger partial charge in [0.15, 0.2) is 0 Å². The van der Waals surface area contributed by atoms with Gasteiger partial charge in [-0.15, -0.1) is 34.0 Å². The molecule has 4 aliphatic rings. The second kappa shape index (κ2) is 10.8. The number of rotatable bonds is 2. The third kappa shape index (κ3) is 4.70. The van der Waals surface area contributed by atoms with Crippen LogP contribution in [0.25, 0.3) is 42.1 Å². The van der Waals surface area contributed by atoms with Gasteiger partial charge in [0.25, 0.3) is 0 Å². The number of hydrogen-bond acceptors (Lipinski definition) is 7. The monoisotopic (exact) mass is 750 g/mol. The van der Waals surface area contributed by atoms with Gasteiger partial charge < -0.3 is 0 Å². The largest absolute Gasteiger partial charge is 0.416 e. The Hall–Kier alpha value is -4.46. The maximum atomic E-state index is 13.4. The molecule has 1 fully saturated rings. The van der Waals surface area contributed by atoms with Crippen LogP contribution < -0.4 is 0 Å². The van der Waals surface area contributed by atoms with Gasteiger partial charge in [-0.1, -0.05) is 31.4 Å². The predicted molar refractivity (Wildman–Crippen MR) is 185 cm³/mol. The van der Waals surface area contributed by atoms with Crippen molar-refractivity contribution in [2.24, 2.45) is 0 Å². The van der Waals surface area contributed by atoms with Crippen LogP contribution in [0.1, 0.15) is 90.4 Å². The summed E-state index contributed by atoms with van der Waals surface area (Å²) in [6, 6.07) is 7.51. The standard InChI is InChI=1S/C38H20F6O4S3/c39-37(40,41)16-4-6-20-22(10-16)29(45)31(47)24(20)12-18-13-26-28(36(18)8-2-1-3-9-36)34-35(50-26)33-27(51-34)15-19(49-33)14-25-21-7-5-17(38(42,43)44)11-23(21)30(46)32(25)48/h4-7,10-15H,1-3,8-9H2/b24-12-,25-14-. The Bertz CT molecular complexity index is 2560. The van der Waals surface area contributed by atoms with Crippen molar-refractivity contribution < 1.29 is 45.5 Å². The molecule has 1 spiro atoms. The van der Waals surface area contributed by atoms with E-state index in [1.807, 2.05) is 12.1 Å². The molecule has 1 saturated carbocycles. The van der Waals surface area contributed by atoms with E-state index in [-0.39, 0.29) is 33.4 Å². The smallest absolute Gasteiger partial charge is 0.285 e. The van der Waals surface area contributed by atoms with Crippen molar-refractivity contribution in [1.82, 2.24) is 0 Å². The number of carbonyl (C=O) groups is 4. The molecule has 3 heterocycles. The van der Waals surface area contributed by atoms with Crippen LogP contribution in [0.15, 0.2) is 54.1 Å². The highest BCUT2D eigenvalue weighted by Gasteiger charge is 2.46. The number of fused-ring (bicyclic) bond motifs is 8. The van der Waals surface area contributed by atoms with Crippen LogP contribution in [0.3, 0.4) is 0 Å². The topological polar surface area (TPSA) is 68.3 Å². The molecule has 0 bridgehead atoms. The van der Waals surface area contributed by atoms with Crippen LogP contribution in [-0.4, -0.2) is 23.1 Å². The van der Waals surface area contributed by atoms with E-state index in [2.05, 4.69) is 0 Å². The summed E-state index contributed by atoms with van der Waals surface area (Å²) in [5.41, 5.74) is -0.362. The lowest BCUT2D eigenvalue weighted by atomic mass is 9.67. The summed E-state index contributed by atoms with van der Waals surface area (Å²) in [6.07, 6.45) is 0.509. The lowest BCUT2D eigenvalue weighted by Gasteiger charge is -2.36. The molecule has 256 valence electrons. The van der Waals surface area contributed by atoms with Gasteiger partial charge in [0, 0.05) is 42.1 Å². The normalized spacial score (nSPS) is 20.1. The molecule has 0 radical (unpaired) electrons. The maximum Gasteiger partial charge on any atom is 0.416 e. The number of hydrogen-bond donors (Lipinski definition) is 0. The highest BCUT2D eigenvalue weighted by atomic mass is 32.1. The van der Waals surface area contributed by atoms with E-state index in [1.165, 1.54) is 23.5 Å². The van der Waals surface area contributed by atoms with Gasteiger partial charge in [0.1, 0.15) is 0 Å². The second-order valence-electron chi connectivity index (χ2n) is 13.1. The van der Waals surface area contributed by atoms with Crippen LogP contribution >= 0.6 is 34.0 Å². The number of ketones is 4. The van der Waals surface area contributed by atoms with E-state index >= 15 is 0 Å². The first kappa shape index (κ1) is 32.4. The minimum atomic E-state index is -4.65. The Kier molecular flexibility index (Phi) is 6.86. The van der Waals surface area contributed by atoms with Crippen molar-refractivity contribution in [2.75, 3.05) is 0 Å². The zero-order valence-corrected chi connectivity index (χ0v) is 28.4. The molecule has 0 atom stereocenters. The minimum absolute atomic E-state index is 0.0560. The summed E-state index contributed by atoms with van der Waals surface area (Å²) < 4.78 is 84.1. The molecule has 2 aromatic carbocycles. The second-order valence-corrected chi connectivity index (χ2v) is 16.3. The molecule has 5 aromatic rings. The maximum absolute atomic E-state index is 13.4. The van der Waals surface area contributed by atoms with E-state index < -0.39 is 52.0 Å². The Morgan fingerprint density at radius 3 is 1.73 bits per heavy atom. The highest BCUT2D eigenvalue weighted by molar-refractivity contribution is 7.39. The van der Waals surface area contributed by atoms with Gasteiger partial charge in [-0.3, -0.25) is 19.2 Å². The molecule has 0 N–H and O–H groups in total. The third-order valence-corrected chi connectivity index (χ3v) is 14.1. The Balaban J connectivity index is 1.12. The molecule has 3 aromatic heterocycles. The van der Waals surface area contributed by atoms with Crippen molar-refractivity contribution in [3.63, 3.8) is 0 Å².